The number of pyridine rings is 1. The lowest BCUT2D eigenvalue weighted by atomic mass is 10.2. The van der Waals surface area contributed by atoms with Gasteiger partial charge >= 0.3 is 6.03 Å². The maximum absolute atomic E-state index is 12.8. The van der Waals surface area contributed by atoms with Crippen molar-refractivity contribution in [3.8, 4) is 0 Å². The highest BCUT2D eigenvalue weighted by Gasteiger charge is 2.10. The predicted molar refractivity (Wildman–Crippen MR) is 87.3 cm³/mol. The van der Waals surface area contributed by atoms with Crippen molar-refractivity contribution in [1.82, 2.24) is 20.5 Å². The van der Waals surface area contributed by atoms with E-state index in [2.05, 4.69) is 15.6 Å². The molecular formula is C17H19FN4O2. The fourth-order valence-electron chi connectivity index (χ4n) is 1.99. The first-order valence-electron chi connectivity index (χ1n) is 7.43. The number of benzene rings is 1. The van der Waals surface area contributed by atoms with Gasteiger partial charge in [-0.1, -0.05) is 18.2 Å². The van der Waals surface area contributed by atoms with Gasteiger partial charge in [-0.3, -0.25) is 9.78 Å². The fourth-order valence-corrected chi connectivity index (χ4v) is 1.99. The van der Waals surface area contributed by atoms with Crippen LogP contribution in [-0.4, -0.2) is 35.4 Å². The number of carbonyl (C=O) groups is 2. The fraction of sp³-hybridized carbons (Fsp3) is 0.235. The number of halogens is 1. The van der Waals surface area contributed by atoms with Gasteiger partial charge in [0.2, 0.25) is 5.91 Å². The van der Waals surface area contributed by atoms with E-state index in [0.717, 1.165) is 11.1 Å². The molecule has 1 heterocycles. The molecule has 0 aliphatic rings. The number of hydrogen-bond acceptors (Lipinski definition) is 3. The maximum atomic E-state index is 12.8. The molecule has 7 heteroatoms. The van der Waals surface area contributed by atoms with Crippen LogP contribution in [-0.2, 0) is 17.9 Å². The molecular weight excluding hydrogens is 311 g/mol. The van der Waals surface area contributed by atoms with Crippen LogP contribution in [0.25, 0.3) is 0 Å². The summed E-state index contributed by atoms with van der Waals surface area (Å²) < 4.78 is 12.8. The van der Waals surface area contributed by atoms with Crippen molar-refractivity contribution in [1.29, 1.82) is 0 Å². The Morgan fingerprint density at radius 1 is 1.12 bits per heavy atom. The van der Waals surface area contributed by atoms with E-state index in [1.165, 1.54) is 17.0 Å². The first-order valence-corrected chi connectivity index (χ1v) is 7.43. The smallest absolute Gasteiger partial charge is 0.315 e. The quantitative estimate of drug-likeness (QED) is 0.846. The summed E-state index contributed by atoms with van der Waals surface area (Å²) in [6.45, 7) is 0.573. The van der Waals surface area contributed by atoms with Crippen LogP contribution in [0, 0.1) is 5.82 Å². The van der Waals surface area contributed by atoms with Crippen molar-refractivity contribution in [3.05, 3.63) is 65.7 Å². The number of aromatic nitrogens is 1. The Balaban J connectivity index is 1.70. The Hall–Kier alpha value is -2.96. The van der Waals surface area contributed by atoms with Crippen LogP contribution in [0.2, 0.25) is 0 Å². The summed E-state index contributed by atoms with van der Waals surface area (Å²) in [6.07, 6.45) is 3.35. The molecule has 0 bridgehead atoms. The summed E-state index contributed by atoms with van der Waals surface area (Å²) in [5.74, 6) is -0.541. The first kappa shape index (κ1) is 17.4. The Morgan fingerprint density at radius 3 is 2.54 bits per heavy atom. The van der Waals surface area contributed by atoms with Gasteiger partial charge in [-0.2, -0.15) is 0 Å². The van der Waals surface area contributed by atoms with E-state index >= 15 is 0 Å². The molecule has 2 aromatic rings. The molecule has 0 fully saturated rings. The summed E-state index contributed by atoms with van der Waals surface area (Å²) in [5.41, 5.74) is 1.68. The van der Waals surface area contributed by atoms with E-state index in [9.17, 15) is 14.0 Å². The molecule has 24 heavy (non-hydrogen) atoms. The number of carbonyl (C=O) groups excluding carboxylic acids is 2. The van der Waals surface area contributed by atoms with Crippen LogP contribution < -0.4 is 10.6 Å². The highest BCUT2D eigenvalue weighted by atomic mass is 19.1. The number of nitrogens with one attached hydrogen (secondary N) is 2. The average molecular weight is 330 g/mol. The van der Waals surface area contributed by atoms with E-state index in [-0.39, 0.29) is 24.8 Å². The van der Waals surface area contributed by atoms with Gasteiger partial charge in [0.1, 0.15) is 5.82 Å². The molecule has 126 valence electrons. The summed E-state index contributed by atoms with van der Waals surface area (Å²) >= 11 is 0. The molecule has 6 nitrogen and oxygen atoms in total. The van der Waals surface area contributed by atoms with Crippen LogP contribution in [0.15, 0.2) is 48.8 Å². The standard InChI is InChI=1S/C17H19FN4O2/c1-22(12-14-3-2-8-19-9-14)16(23)11-21-17(24)20-10-13-4-6-15(18)7-5-13/h2-9H,10-12H2,1H3,(H2,20,21,24). The molecule has 0 atom stereocenters. The highest BCUT2D eigenvalue weighted by Crippen LogP contribution is 2.02. The lowest BCUT2D eigenvalue weighted by molar-refractivity contribution is -0.129. The summed E-state index contributed by atoms with van der Waals surface area (Å²) in [5, 5.41) is 5.11. The minimum atomic E-state index is -0.456. The highest BCUT2D eigenvalue weighted by molar-refractivity contribution is 5.83. The van der Waals surface area contributed by atoms with Crippen LogP contribution in [0.4, 0.5) is 9.18 Å². The molecule has 1 aromatic heterocycles. The van der Waals surface area contributed by atoms with Crippen molar-refractivity contribution < 1.29 is 14.0 Å². The Labute approximate surface area is 139 Å². The number of rotatable bonds is 6. The van der Waals surface area contributed by atoms with Gasteiger partial charge in [-0.25, -0.2) is 9.18 Å². The van der Waals surface area contributed by atoms with Crippen LogP contribution in [0.1, 0.15) is 11.1 Å². The molecule has 0 radical (unpaired) electrons. The third kappa shape index (κ3) is 5.68. The second kappa shape index (κ2) is 8.61. The second-order valence-corrected chi connectivity index (χ2v) is 5.27. The SMILES string of the molecule is CN(Cc1cccnc1)C(=O)CNC(=O)NCc1ccc(F)cc1. The van der Waals surface area contributed by atoms with E-state index in [0.29, 0.717) is 6.54 Å². The van der Waals surface area contributed by atoms with Crippen molar-refractivity contribution in [2.24, 2.45) is 0 Å². The lowest BCUT2D eigenvalue weighted by Gasteiger charge is -2.17. The van der Waals surface area contributed by atoms with Gasteiger partial charge in [0.05, 0.1) is 6.54 Å². The second-order valence-electron chi connectivity index (χ2n) is 5.27. The van der Waals surface area contributed by atoms with Crippen LogP contribution >= 0.6 is 0 Å². The van der Waals surface area contributed by atoms with Crippen molar-refractivity contribution in [3.63, 3.8) is 0 Å². The lowest BCUT2D eigenvalue weighted by Crippen LogP contribution is -2.42. The summed E-state index contributed by atoms with van der Waals surface area (Å²) in [7, 11) is 1.66. The van der Waals surface area contributed by atoms with Gasteiger partial charge in [0.15, 0.2) is 0 Å². The summed E-state index contributed by atoms with van der Waals surface area (Å²) in [6, 6.07) is 9.04. The predicted octanol–water partition coefficient (Wildman–Crippen LogP) is 1.68. The summed E-state index contributed by atoms with van der Waals surface area (Å²) in [4.78, 5) is 29.2. The average Bonchev–Trinajstić information content (AvgIpc) is 2.60. The molecule has 1 aromatic carbocycles. The third-order valence-corrected chi connectivity index (χ3v) is 3.33. The van der Waals surface area contributed by atoms with E-state index in [1.54, 1.807) is 37.6 Å². The molecule has 0 spiro atoms. The molecule has 2 N–H and O–H groups in total. The zero-order valence-corrected chi connectivity index (χ0v) is 13.3. The van der Waals surface area contributed by atoms with Crippen molar-refractivity contribution >= 4 is 11.9 Å². The van der Waals surface area contributed by atoms with Gasteiger partial charge in [-0.05, 0) is 29.3 Å². The van der Waals surface area contributed by atoms with Crippen molar-refractivity contribution in [2.45, 2.75) is 13.1 Å². The monoisotopic (exact) mass is 330 g/mol. The molecule has 0 aliphatic carbocycles. The minimum Gasteiger partial charge on any atom is -0.340 e. The number of amides is 3. The van der Waals surface area contributed by atoms with Gasteiger partial charge in [0.25, 0.3) is 0 Å². The number of nitrogens with zero attached hydrogens (tertiary/aromatic N) is 2. The Morgan fingerprint density at radius 2 is 1.88 bits per heavy atom. The Bertz CT molecular complexity index is 677. The zero-order chi connectivity index (χ0) is 17.4. The van der Waals surface area contributed by atoms with E-state index in [1.807, 2.05) is 6.07 Å². The van der Waals surface area contributed by atoms with Crippen molar-refractivity contribution in [2.75, 3.05) is 13.6 Å². The number of urea groups is 1. The first-order chi connectivity index (χ1) is 11.5. The molecule has 0 saturated heterocycles. The molecule has 3 amide bonds. The number of likely N-dealkylation sites (N-methyl/N-ethyl adjacent to an activating group) is 1. The van der Waals surface area contributed by atoms with E-state index in [4.69, 9.17) is 0 Å². The largest absolute Gasteiger partial charge is 0.340 e. The van der Waals surface area contributed by atoms with E-state index < -0.39 is 6.03 Å². The maximum Gasteiger partial charge on any atom is 0.315 e. The third-order valence-electron chi connectivity index (χ3n) is 3.33. The van der Waals surface area contributed by atoms with Crippen LogP contribution in [0.3, 0.4) is 0 Å². The minimum absolute atomic E-state index is 0.105. The molecule has 0 aliphatic heterocycles. The molecule has 0 unspecified atom stereocenters. The molecule has 0 saturated carbocycles. The molecule has 2 rings (SSSR count). The Kier molecular flexibility index (Phi) is 6.24. The number of hydrogen-bond donors (Lipinski definition) is 2. The van der Waals surface area contributed by atoms with Gasteiger partial charge in [-0.15, -0.1) is 0 Å². The zero-order valence-electron chi connectivity index (χ0n) is 13.3. The van der Waals surface area contributed by atoms with Gasteiger partial charge < -0.3 is 15.5 Å². The van der Waals surface area contributed by atoms with Crippen LogP contribution in [0.5, 0.6) is 0 Å². The normalized spacial score (nSPS) is 10.1. The topological polar surface area (TPSA) is 74.3 Å². The van der Waals surface area contributed by atoms with Gasteiger partial charge in [0, 0.05) is 32.5 Å².